The minimum absolute atomic E-state index is 0.130. The lowest BCUT2D eigenvalue weighted by atomic mass is 10.1. The number of H-pyrrole nitrogens is 1. The molecule has 0 saturated heterocycles. The molecule has 128 valence electrons. The SMILES string of the molecule is O=C(O)c1ccccc1-n1c(-c2snnc2-c2ccccc2)n[nH]c1=S. The molecular formula is C17H11N5O2S2. The zero-order chi connectivity index (χ0) is 18.1. The predicted molar refractivity (Wildman–Crippen MR) is 100 cm³/mol. The van der Waals surface area contributed by atoms with Crippen LogP contribution in [0.4, 0.5) is 0 Å². The lowest BCUT2D eigenvalue weighted by Crippen LogP contribution is -2.06. The van der Waals surface area contributed by atoms with Crippen molar-refractivity contribution < 1.29 is 9.90 Å². The molecule has 9 heteroatoms. The number of hydrogen-bond acceptors (Lipinski definition) is 6. The highest BCUT2D eigenvalue weighted by atomic mass is 32.1. The van der Waals surface area contributed by atoms with Gasteiger partial charge in [0, 0.05) is 5.56 Å². The second-order valence-electron chi connectivity index (χ2n) is 5.33. The molecule has 0 aliphatic carbocycles. The molecule has 2 heterocycles. The number of aromatic carboxylic acids is 1. The molecule has 26 heavy (non-hydrogen) atoms. The first-order valence-corrected chi connectivity index (χ1v) is 8.73. The number of nitrogens with zero attached hydrogens (tertiary/aromatic N) is 4. The van der Waals surface area contributed by atoms with Gasteiger partial charge >= 0.3 is 5.97 Å². The molecule has 0 bridgehead atoms. The van der Waals surface area contributed by atoms with Gasteiger partial charge in [0.05, 0.1) is 11.3 Å². The fourth-order valence-corrected chi connectivity index (χ4v) is 3.54. The molecule has 0 atom stereocenters. The van der Waals surface area contributed by atoms with Gasteiger partial charge in [0.1, 0.15) is 10.6 Å². The van der Waals surface area contributed by atoms with Crippen LogP contribution in [0.2, 0.25) is 0 Å². The van der Waals surface area contributed by atoms with Crippen LogP contribution in [0.15, 0.2) is 54.6 Å². The average Bonchev–Trinajstić information content (AvgIpc) is 3.28. The Morgan fingerprint density at radius 1 is 1.12 bits per heavy atom. The van der Waals surface area contributed by atoms with Crippen molar-refractivity contribution in [2.45, 2.75) is 0 Å². The van der Waals surface area contributed by atoms with Gasteiger partial charge in [-0.3, -0.25) is 9.67 Å². The topological polar surface area (TPSA) is 96.7 Å². The van der Waals surface area contributed by atoms with E-state index >= 15 is 0 Å². The van der Waals surface area contributed by atoms with Crippen molar-refractivity contribution in [3.05, 3.63) is 64.9 Å². The first kappa shape index (κ1) is 16.3. The van der Waals surface area contributed by atoms with E-state index in [2.05, 4.69) is 19.8 Å². The fourth-order valence-electron chi connectivity index (χ4n) is 2.64. The molecule has 0 saturated carbocycles. The smallest absolute Gasteiger partial charge is 0.337 e. The monoisotopic (exact) mass is 381 g/mol. The Kier molecular flexibility index (Phi) is 4.15. The van der Waals surface area contributed by atoms with Gasteiger partial charge in [0.25, 0.3) is 0 Å². The third-order valence-corrected chi connectivity index (χ3v) is 4.78. The Morgan fingerprint density at radius 2 is 1.85 bits per heavy atom. The molecule has 2 aromatic heterocycles. The Hall–Kier alpha value is -3.17. The fraction of sp³-hybridized carbons (Fsp3) is 0. The first-order valence-electron chi connectivity index (χ1n) is 7.55. The summed E-state index contributed by atoms with van der Waals surface area (Å²) < 4.78 is 5.94. The van der Waals surface area contributed by atoms with Gasteiger partial charge < -0.3 is 5.11 Å². The molecule has 0 unspecified atom stereocenters. The Labute approximate surface area is 156 Å². The maximum absolute atomic E-state index is 11.6. The number of nitrogens with one attached hydrogen (secondary N) is 1. The first-order chi connectivity index (χ1) is 12.7. The summed E-state index contributed by atoms with van der Waals surface area (Å²) in [6.45, 7) is 0. The minimum Gasteiger partial charge on any atom is -0.478 e. The third kappa shape index (κ3) is 2.72. The van der Waals surface area contributed by atoms with Crippen LogP contribution in [0.3, 0.4) is 0 Å². The van der Waals surface area contributed by atoms with Crippen LogP contribution in [0.25, 0.3) is 27.6 Å². The van der Waals surface area contributed by atoms with Gasteiger partial charge in [-0.15, -0.1) is 5.10 Å². The van der Waals surface area contributed by atoms with Crippen molar-refractivity contribution in [2.24, 2.45) is 0 Å². The van der Waals surface area contributed by atoms with E-state index in [1.165, 1.54) is 17.6 Å². The van der Waals surface area contributed by atoms with Crippen LogP contribution in [-0.4, -0.2) is 35.4 Å². The molecule has 0 radical (unpaired) electrons. The molecular weight excluding hydrogens is 370 g/mol. The molecule has 2 N–H and O–H groups in total. The van der Waals surface area contributed by atoms with Crippen molar-refractivity contribution in [1.82, 2.24) is 24.4 Å². The van der Waals surface area contributed by atoms with Crippen LogP contribution in [-0.2, 0) is 0 Å². The van der Waals surface area contributed by atoms with E-state index in [0.29, 0.717) is 26.9 Å². The Morgan fingerprint density at radius 3 is 2.62 bits per heavy atom. The summed E-state index contributed by atoms with van der Waals surface area (Å²) in [5.41, 5.74) is 2.12. The summed E-state index contributed by atoms with van der Waals surface area (Å²) >= 11 is 6.53. The standard InChI is InChI=1S/C17H11N5O2S2/c23-16(24)11-8-4-5-9-12(11)22-15(19-20-17(22)25)14-13(18-21-26-14)10-6-2-1-3-7-10/h1-9H,(H,20,25)(H,23,24). The van der Waals surface area contributed by atoms with E-state index in [9.17, 15) is 9.90 Å². The Bertz CT molecular complexity index is 1150. The number of carboxylic acids is 1. The number of aromatic amines is 1. The van der Waals surface area contributed by atoms with Gasteiger partial charge in [0.2, 0.25) is 0 Å². The van der Waals surface area contributed by atoms with Gasteiger partial charge in [0.15, 0.2) is 10.6 Å². The van der Waals surface area contributed by atoms with Crippen molar-refractivity contribution >= 4 is 29.7 Å². The molecule has 0 fully saturated rings. The molecule has 0 aliphatic rings. The summed E-state index contributed by atoms with van der Waals surface area (Å²) in [6.07, 6.45) is 0. The maximum atomic E-state index is 11.6. The molecule has 4 rings (SSSR count). The van der Waals surface area contributed by atoms with Crippen LogP contribution in [0.1, 0.15) is 10.4 Å². The van der Waals surface area contributed by atoms with Gasteiger partial charge in [-0.1, -0.05) is 47.0 Å². The van der Waals surface area contributed by atoms with E-state index < -0.39 is 5.97 Å². The normalized spacial score (nSPS) is 10.8. The number of carboxylic acid groups (broad SMARTS) is 1. The number of carbonyl (C=O) groups is 1. The van der Waals surface area contributed by atoms with E-state index in [1.807, 2.05) is 30.3 Å². The number of hydrogen-bond donors (Lipinski definition) is 2. The van der Waals surface area contributed by atoms with Gasteiger partial charge in [-0.25, -0.2) is 4.79 Å². The quantitative estimate of drug-likeness (QED) is 0.522. The number of para-hydroxylation sites is 1. The second kappa shape index (κ2) is 6.62. The third-order valence-electron chi connectivity index (χ3n) is 3.79. The molecule has 7 nitrogen and oxygen atoms in total. The zero-order valence-corrected chi connectivity index (χ0v) is 14.8. The van der Waals surface area contributed by atoms with Crippen LogP contribution >= 0.6 is 23.8 Å². The number of rotatable bonds is 4. The largest absolute Gasteiger partial charge is 0.478 e. The van der Waals surface area contributed by atoms with E-state index in [4.69, 9.17) is 12.2 Å². The highest BCUT2D eigenvalue weighted by Gasteiger charge is 2.21. The molecule has 0 amide bonds. The average molecular weight is 381 g/mol. The van der Waals surface area contributed by atoms with E-state index in [1.54, 1.807) is 22.8 Å². The summed E-state index contributed by atoms with van der Waals surface area (Å²) in [5.74, 6) is -0.571. The molecule has 2 aromatic carbocycles. The van der Waals surface area contributed by atoms with Crippen LogP contribution in [0, 0.1) is 4.77 Å². The number of benzene rings is 2. The second-order valence-corrected chi connectivity index (χ2v) is 6.47. The lowest BCUT2D eigenvalue weighted by Gasteiger charge is -2.09. The predicted octanol–water partition coefficient (Wildman–Crippen LogP) is 3.81. The Balaban J connectivity index is 1.95. The van der Waals surface area contributed by atoms with Crippen molar-refractivity contribution in [2.75, 3.05) is 0 Å². The van der Waals surface area contributed by atoms with Crippen molar-refractivity contribution in [3.63, 3.8) is 0 Å². The van der Waals surface area contributed by atoms with E-state index in [-0.39, 0.29) is 5.56 Å². The minimum atomic E-state index is -1.04. The molecule has 0 spiro atoms. The van der Waals surface area contributed by atoms with Gasteiger partial charge in [-0.05, 0) is 35.9 Å². The lowest BCUT2D eigenvalue weighted by molar-refractivity contribution is 0.0697. The molecule has 4 aromatic rings. The van der Waals surface area contributed by atoms with Crippen molar-refractivity contribution in [1.29, 1.82) is 0 Å². The highest BCUT2D eigenvalue weighted by molar-refractivity contribution is 7.71. The van der Waals surface area contributed by atoms with E-state index in [0.717, 1.165) is 5.56 Å². The summed E-state index contributed by atoms with van der Waals surface area (Å²) in [6, 6.07) is 16.2. The maximum Gasteiger partial charge on any atom is 0.337 e. The highest BCUT2D eigenvalue weighted by Crippen LogP contribution is 2.33. The van der Waals surface area contributed by atoms with Crippen molar-refractivity contribution in [3.8, 4) is 27.6 Å². The van der Waals surface area contributed by atoms with Crippen LogP contribution < -0.4 is 0 Å². The van der Waals surface area contributed by atoms with Crippen LogP contribution in [0.5, 0.6) is 0 Å². The number of aromatic nitrogens is 5. The zero-order valence-electron chi connectivity index (χ0n) is 13.2. The summed E-state index contributed by atoms with van der Waals surface area (Å²) in [7, 11) is 0. The summed E-state index contributed by atoms with van der Waals surface area (Å²) in [4.78, 5) is 12.3. The van der Waals surface area contributed by atoms with Gasteiger partial charge in [-0.2, -0.15) is 5.10 Å². The molecule has 0 aliphatic heterocycles. The summed E-state index contributed by atoms with van der Waals surface area (Å²) in [5, 5.41) is 20.8.